The van der Waals surface area contributed by atoms with E-state index in [1.54, 1.807) is 23.9 Å². The number of aromatic nitrogens is 3. The maximum absolute atomic E-state index is 12.1. The van der Waals surface area contributed by atoms with E-state index in [0.717, 1.165) is 11.4 Å². The van der Waals surface area contributed by atoms with Gasteiger partial charge in [-0.15, -0.1) is 0 Å². The molecule has 2 aromatic heterocycles. The van der Waals surface area contributed by atoms with Crippen LogP contribution in [0.15, 0.2) is 18.3 Å². The molecule has 0 saturated heterocycles. The van der Waals surface area contributed by atoms with Crippen LogP contribution in [0.2, 0.25) is 5.02 Å². The van der Waals surface area contributed by atoms with E-state index in [2.05, 4.69) is 10.1 Å². The largest absolute Gasteiger partial charge is 0.287 e. The molecule has 17 heavy (non-hydrogen) atoms. The second-order valence-electron chi connectivity index (χ2n) is 3.89. The van der Waals surface area contributed by atoms with Crippen LogP contribution in [-0.4, -0.2) is 20.5 Å². The Kier molecular flexibility index (Phi) is 2.98. The number of carbonyl (C=O) groups excluding carboxylic acids is 1. The molecule has 0 amide bonds. The monoisotopic (exact) mass is 249 g/mol. The Labute approximate surface area is 104 Å². The minimum Gasteiger partial charge on any atom is -0.287 e. The Hall–Kier alpha value is -1.68. The van der Waals surface area contributed by atoms with Gasteiger partial charge in [0.2, 0.25) is 5.78 Å². The summed E-state index contributed by atoms with van der Waals surface area (Å²) in [6, 6.07) is 3.52. The van der Waals surface area contributed by atoms with Gasteiger partial charge in [-0.2, -0.15) is 5.10 Å². The molecule has 0 radical (unpaired) electrons. The Morgan fingerprint density at radius 3 is 2.53 bits per heavy atom. The molecular formula is C12H12ClN3O. The lowest BCUT2D eigenvalue weighted by Gasteiger charge is -1.98. The van der Waals surface area contributed by atoms with E-state index in [-0.39, 0.29) is 11.5 Å². The summed E-state index contributed by atoms with van der Waals surface area (Å²) < 4.78 is 1.59. The van der Waals surface area contributed by atoms with Crippen LogP contribution in [-0.2, 0) is 7.05 Å². The minimum absolute atomic E-state index is 0.203. The molecule has 0 aliphatic heterocycles. The quantitative estimate of drug-likeness (QED) is 0.768. The van der Waals surface area contributed by atoms with Crippen molar-refractivity contribution in [2.75, 3.05) is 0 Å². The van der Waals surface area contributed by atoms with Crippen molar-refractivity contribution in [2.24, 2.45) is 7.05 Å². The third-order valence-corrected chi connectivity index (χ3v) is 3.10. The molecule has 0 saturated carbocycles. The number of ketones is 1. The van der Waals surface area contributed by atoms with Crippen LogP contribution in [0.3, 0.4) is 0 Å². The van der Waals surface area contributed by atoms with E-state index >= 15 is 0 Å². The molecule has 2 heterocycles. The first kappa shape index (κ1) is 11.8. The maximum atomic E-state index is 12.1. The highest BCUT2D eigenvalue weighted by Gasteiger charge is 2.19. The van der Waals surface area contributed by atoms with Crippen LogP contribution >= 0.6 is 11.6 Å². The van der Waals surface area contributed by atoms with Gasteiger partial charge in [0.1, 0.15) is 0 Å². The van der Waals surface area contributed by atoms with Gasteiger partial charge in [-0.25, -0.2) is 0 Å². The fourth-order valence-electron chi connectivity index (χ4n) is 1.47. The van der Waals surface area contributed by atoms with Crippen LogP contribution in [0.25, 0.3) is 0 Å². The number of nitrogens with zero attached hydrogens (tertiary/aromatic N) is 3. The molecule has 0 N–H and O–H groups in total. The predicted octanol–water partition coefficient (Wildman–Crippen LogP) is 2.32. The van der Waals surface area contributed by atoms with Gasteiger partial charge in [-0.05, 0) is 26.0 Å². The molecule has 0 aliphatic rings. The molecule has 0 aromatic carbocycles. The number of halogens is 1. The summed E-state index contributed by atoms with van der Waals surface area (Å²) in [6.07, 6.45) is 1.54. The average molecular weight is 250 g/mol. The number of pyridine rings is 1. The van der Waals surface area contributed by atoms with Crippen molar-refractivity contribution in [1.29, 1.82) is 0 Å². The van der Waals surface area contributed by atoms with Crippen LogP contribution in [0, 0.1) is 13.8 Å². The first-order chi connectivity index (χ1) is 8.00. The molecule has 0 atom stereocenters. The summed E-state index contributed by atoms with van der Waals surface area (Å²) in [7, 11) is 1.76. The zero-order valence-corrected chi connectivity index (χ0v) is 10.6. The topological polar surface area (TPSA) is 47.8 Å². The fraction of sp³-hybridized carbons (Fsp3) is 0.250. The standard InChI is InChI=1S/C12H12ClN3O/c1-7-4-5-9(6-14-7)12(17)11-10(13)8(2)16(3)15-11/h4-6H,1-3H3. The summed E-state index contributed by atoms with van der Waals surface area (Å²) in [5.74, 6) is -0.203. The number of rotatable bonds is 2. The van der Waals surface area contributed by atoms with Gasteiger partial charge >= 0.3 is 0 Å². The molecular weight excluding hydrogens is 238 g/mol. The van der Waals surface area contributed by atoms with Crippen molar-refractivity contribution < 1.29 is 4.79 Å². The highest BCUT2D eigenvalue weighted by molar-refractivity contribution is 6.35. The second kappa shape index (κ2) is 4.30. The SMILES string of the molecule is Cc1ccc(C(=O)c2nn(C)c(C)c2Cl)cn1. The molecule has 5 heteroatoms. The lowest BCUT2D eigenvalue weighted by molar-refractivity contribution is 0.103. The number of aryl methyl sites for hydroxylation is 2. The van der Waals surface area contributed by atoms with E-state index in [1.165, 1.54) is 6.20 Å². The van der Waals surface area contributed by atoms with Crippen molar-refractivity contribution in [3.63, 3.8) is 0 Å². The maximum Gasteiger partial charge on any atom is 0.216 e. The van der Waals surface area contributed by atoms with Crippen LogP contribution in [0.5, 0.6) is 0 Å². The van der Waals surface area contributed by atoms with E-state index < -0.39 is 0 Å². The molecule has 2 rings (SSSR count). The predicted molar refractivity (Wildman–Crippen MR) is 65.4 cm³/mol. The third-order valence-electron chi connectivity index (χ3n) is 2.65. The van der Waals surface area contributed by atoms with Crippen molar-refractivity contribution in [3.05, 3.63) is 46.0 Å². The van der Waals surface area contributed by atoms with Crippen LogP contribution in [0.4, 0.5) is 0 Å². The van der Waals surface area contributed by atoms with Gasteiger partial charge in [0.15, 0.2) is 5.69 Å². The van der Waals surface area contributed by atoms with Gasteiger partial charge in [0, 0.05) is 24.5 Å². The summed E-state index contributed by atoms with van der Waals surface area (Å²) in [4.78, 5) is 16.2. The highest BCUT2D eigenvalue weighted by atomic mass is 35.5. The van der Waals surface area contributed by atoms with Crippen molar-refractivity contribution in [3.8, 4) is 0 Å². The van der Waals surface area contributed by atoms with Gasteiger partial charge in [-0.3, -0.25) is 14.5 Å². The molecule has 88 valence electrons. The van der Waals surface area contributed by atoms with Gasteiger partial charge < -0.3 is 0 Å². The minimum atomic E-state index is -0.203. The first-order valence-electron chi connectivity index (χ1n) is 5.17. The summed E-state index contributed by atoms with van der Waals surface area (Å²) in [5.41, 5.74) is 2.41. The highest BCUT2D eigenvalue weighted by Crippen LogP contribution is 2.21. The van der Waals surface area contributed by atoms with Crippen LogP contribution in [0.1, 0.15) is 27.4 Å². The Morgan fingerprint density at radius 1 is 1.35 bits per heavy atom. The first-order valence-corrected chi connectivity index (χ1v) is 5.55. The third kappa shape index (κ3) is 2.08. The van der Waals surface area contributed by atoms with Crippen molar-refractivity contribution >= 4 is 17.4 Å². The lowest BCUT2D eigenvalue weighted by atomic mass is 10.1. The summed E-state index contributed by atoms with van der Waals surface area (Å²) in [6.45, 7) is 3.69. The number of hydrogen-bond donors (Lipinski definition) is 0. The van der Waals surface area contributed by atoms with Gasteiger partial charge in [0.05, 0.1) is 10.7 Å². The number of hydrogen-bond acceptors (Lipinski definition) is 3. The average Bonchev–Trinajstić information content (AvgIpc) is 2.57. The van der Waals surface area contributed by atoms with E-state index in [9.17, 15) is 4.79 Å². The van der Waals surface area contributed by atoms with Crippen molar-refractivity contribution in [2.45, 2.75) is 13.8 Å². The van der Waals surface area contributed by atoms with Crippen LogP contribution < -0.4 is 0 Å². The molecule has 0 spiro atoms. The molecule has 0 unspecified atom stereocenters. The zero-order valence-electron chi connectivity index (χ0n) is 9.86. The molecule has 0 fully saturated rings. The van der Waals surface area contributed by atoms with Gasteiger partial charge in [-0.1, -0.05) is 11.6 Å². The fourth-order valence-corrected chi connectivity index (χ4v) is 1.71. The smallest absolute Gasteiger partial charge is 0.216 e. The molecule has 0 bridgehead atoms. The second-order valence-corrected chi connectivity index (χ2v) is 4.27. The normalized spacial score (nSPS) is 10.6. The Bertz CT molecular complexity index is 572. The Morgan fingerprint density at radius 2 is 2.06 bits per heavy atom. The zero-order chi connectivity index (χ0) is 12.6. The lowest BCUT2D eigenvalue weighted by Crippen LogP contribution is -2.04. The molecule has 2 aromatic rings. The van der Waals surface area contributed by atoms with E-state index in [0.29, 0.717) is 10.6 Å². The summed E-state index contributed by atoms with van der Waals surface area (Å²) >= 11 is 6.07. The van der Waals surface area contributed by atoms with E-state index in [1.807, 2.05) is 13.8 Å². The van der Waals surface area contributed by atoms with Crippen molar-refractivity contribution in [1.82, 2.24) is 14.8 Å². The Balaban J connectivity index is 2.44. The molecule has 0 aliphatic carbocycles. The molecule has 4 nitrogen and oxygen atoms in total. The van der Waals surface area contributed by atoms with Gasteiger partial charge in [0.25, 0.3) is 0 Å². The summed E-state index contributed by atoms with van der Waals surface area (Å²) in [5, 5.41) is 4.52. The van der Waals surface area contributed by atoms with E-state index in [4.69, 9.17) is 11.6 Å². The number of carbonyl (C=O) groups is 1.